The minimum atomic E-state index is -0.229. The Morgan fingerprint density at radius 1 is 1.57 bits per heavy atom. The quantitative estimate of drug-likeness (QED) is 0.401. The Morgan fingerprint density at radius 3 is 2.93 bits per heavy atom. The van der Waals surface area contributed by atoms with Crippen LogP contribution in [0.4, 0.5) is 0 Å². The van der Waals surface area contributed by atoms with Gasteiger partial charge >= 0.3 is 5.97 Å². The number of ether oxygens (including phenoxy) is 1. The second-order valence-electron chi connectivity index (χ2n) is 3.62. The normalized spacial score (nSPS) is 21.7. The Hall–Kier alpha value is -0.500. The zero-order chi connectivity index (χ0) is 10.4. The Bertz CT molecular complexity index is 223. The summed E-state index contributed by atoms with van der Waals surface area (Å²) < 4.78 is 5.24. The lowest BCUT2D eigenvalue weighted by Crippen LogP contribution is -2.24. The molecule has 0 saturated carbocycles. The van der Waals surface area contributed by atoms with Crippen molar-refractivity contribution in [2.75, 3.05) is 5.88 Å². The molecule has 80 valence electrons. The molecule has 0 aromatic rings. The molecule has 0 aliphatic carbocycles. The van der Waals surface area contributed by atoms with E-state index in [9.17, 15) is 4.79 Å². The van der Waals surface area contributed by atoms with Crippen molar-refractivity contribution in [3.8, 4) is 0 Å². The number of esters is 1. The van der Waals surface area contributed by atoms with Gasteiger partial charge in [-0.15, -0.1) is 11.6 Å². The van der Waals surface area contributed by atoms with Crippen LogP contribution in [-0.4, -0.2) is 18.0 Å². The monoisotopic (exact) mass is 216 g/mol. The molecule has 0 bridgehead atoms. The minimum absolute atomic E-state index is 0.0843. The standard InChI is InChI=1S/C11H17ClO2/c1-2-3-4-5-10-7-6-9(8-12)11(13)14-10/h6,10H,2-5,7-8H2,1H3. The second kappa shape index (κ2) is 6.07. The molecule has 0 N–H and O–H groups in total. The summed E-state index contributed by atoms with van der Waals surface area (Å²) in [6.45, 7) is 2.17. The number of alkyl halides is 1. The van der Waals surface area contributed by atoms with Gasteiger partial charge in [0.2, 0.25) is 0 Å². The average Bonchev–Trinajstić information content (AvgIpc) is 2.18. The molecule has 0 radical (unpaired) electrons. The van der Waals surface area contributed by atoms with E-state index in [2.05, 4.69) is 6.92 Å². The van der Waals surface area contributed by atoms with Gasteiger partial charge in [-0.25, -0.2) is 4.79 Å². The first-order valence-electron chi connectivity index (χ1n) is 5.24. The van der Waals surface area contributed by atoms with E-state index in [1.165, 1.54) is 12.8 Å². The summed E-state index contributed by atoms with van der Waals surface area (Å²) in [6, 6.07) is 0. The fraction of sp³-hybridized carbons (Fsp3) is 0.727. The van der Waals surface area contributed by atoms with Crippen LogP contribution in [-0.2, 0) is 9.53 Å². The van der Waals surface area contributed by atoms with Gasteiger partial charge in [0.1, 0.15) is 6.10 Å². The smallest absolute Gasteiger partial charge is 0.335 e. The molecule has 2 nitrogen and oxygen atoms in total. The number of unbranched alkanes of at least 4 members (excludes halogenated alkanes) is 2. The van der Waals surface area contributed by atoms with Crippen LogP contribution in [0.1, 0.15) is 39.0 Å². The summed E-state index contributed by atoms with van der Waals surface area (Å²) in [7, 11) is 0. The largest absolute Gasteiger partial charge is 0.459 e. The van der Waals surface area contributed by atoms with Gasteiger partial charge in [-0.05, 0) is 12.8 Å². The van der Waals surface area contributed by atoms with E-state index in [1.807, 2.05) is 6.08 Å². The summed E-state index contributed by atoms with van der Waals surface area (Å²) >= 11 is 5.58. The number of hydrogen-bond acceptors (Lipinski definition) is 2. The van der Waals surface area contributed by atoms with Gasteiger partial charge in [0.25, 0.3) is 0 Å². The maximum atomic E-state index is 11.3. The topological polar surface area (TPSA) is 26.3 Å². The van der Waals surface area contributed by atoms with Crippen molar-refractivity contribution in [2.24, 2.45) is 0 Å². The van der Waals surface area contributed by atoms with Gasteiger partial charge in [0.05, 0.1) is 5.88 Å². The van der Waals surface area contributed by atoms with E-state index < -0.39 is 0 Å². The highest BCUT2D eigenvalue weighted by molar-refractivity contribution is 6.22. The maximum Gasteiger partial charge on any atom is 0.335 e. The molecule has 0 amide bonds. The van der Waals surface area contributed by atoms with Gasteiger partial charge in [0, 0.05) is 12.0 Å². The van der Waals surface area contributed by atoms with Crippen LogP contribution >= 0.6 is 11.6 Å². The Balaban J connectivity index is 2.32. The van der Waals surface area contributed by atoms with Crippen molar-refractivity contribution in [3.63, 3.8) is 0 Å². The van der Waals surface area contributed by atoms with Gasteiger partial charge in [-0.3, -0.25) is 0 Å². The molecule has 1 unspecified atom stereocenters. The molecule has 3 heteroatoms. The SMILES string of the molecule is CCCCCC1CC=C(CCl)C(=O)O1. The summed E-state index contributed by atoms with van der Waals surface area (Å²) in [4.78, 5) is 11.3. The molecule has 14 heavy (non-hydrogen) atoms. The lowest BCUT2D eigenvalue weighted by Gasteiger charge is -2.21. The number of carbonyl (C=O) groups is 1. The third kappa shape index (κ3) is 3.33. The van der Waals surface area contributed by atoms with E-state index in [0.29, 0.717) is 5.57 Å². The molecule has 1 aliphatic rings. The highest BCUT2D eigenvalue weighted by atomic mass is 35.5. The first-order chi connectivity index (χ1) is 6.77. The molecule has 1 aliphatic heterocycles. The van der Waals surface area contributed by atoms with Crippen LogP contribution in [0.2, 0.25) is 0 Å². The summed E-state index contributed by atoms with van der Waals surface area (Å²) in [6.07, 6.45) is 7.35. The van der Waals surface area contributed by atoms with E-state index in [-0.39, 0.29) is 18.0 Å². The molecule has 0 fully saturated rings. The van der Waals surface area contributed by atoms with Crippen LogP contribution < -0.4 is 0 Å². The second-order valence-corrected chi connectivity index (χ2v) is 3.89. The van der Waals surface area contributed by atoms with Gasteiger partial charge in [-0.1, -0.05) is 25.8 Å². The molecule has 1 rings (SSSR count). The molecule has 0 saturated heterocycles. The molecule has 1 heterocycles. The lowest BCUT2D eigenvalue weighted by molar-refractivity contribution is -0.145. The van der Waals surface area contributed by atoms with Crippen molar-refractivity contribution in [1.82, 2.24) is 0 Å². The zero-order valence-corrected chi connectivity index (χ0v) is 9.35. The Labute approximate surface area is 90.3 Å². The number of hydrogen-bond donors (Lipinski definition) is 0. The van der Waals surface area contributed by atoms with Crippen LogP contribution in [0.3, 0.4) is 0 Å². The molecule has 1 atom stereocenters. The van der Waals surface area contributed by atoms with Crippen LogP contribution in [0.25, 0.3) is 0 Å². The molecule has 0 aromatic heterocycles. The summed E-state index contributed by atoms with van der Waals surface area (Å²) in [5.74, 6) is 0.0355. The van der Waals surface area contributed by atoms with E-state index in [0.717, 1.165) is 19.3 Å². The van der Waals surface area contributed by atoms with Crippen molar-refractivity contribution in [3.05, 3.63) is 11.6 Å². The summed E-state index contributed by atoms with van der Waals surface area (Å²) in [5, 5.41) is 0. The fourth-order valence-corrected chi connectivity index (χ4v) is 1.76. The maximum absolute atomic E-state index is 11.3. The average molecular weight is 217 g/mol. The van der Waals surface area contributed by atoms with E-state index in [1.54, 1.807) is 0 Å². The van der Waals surface area contributed by atoms with Crippen LogP contribution in [0.15, 0.2) is 11.6 Å². The van der Waals surface area contributed by atoms with E-state index >= 15 is 0 Å². The Kier molecular flexibility index (Phi) is 5.02. The van der Waals surface area contributed by atoms with Crippen molar-refractivity contribution in [2.45, 2.75) is 45.1 Å². The van der Waals surface area contributed by atoms with Crippen molar-refractivity contribution < 1.29 is 9.53 Å². The predicted octanol–water partition coefficient (Wildman–Crippen LogP) is 3.05. The first-order valence-corrected chi connectivity index (χ1v) is 5.77. The predicted molar refractivity (Wildman–Crippen MR) is 57.4 cm³/mol. The fourth-order valence-electron chi connectivity index (χ4n) is 1.54. The number of halogens is 1. The van der Waals surface area contributed by atoms with Crippen LogP contribution in [0, 0.1) is 0 Å². The highest BCUT2D eigenvalue weighted by Gasteiger charge is 2.21. The third-order valence-corrected chi connectivity index (χ3v) is 2.72. The lowest BCUT2D eigenvalue weighted by atomic mass is 10.0. The van der Waals surface area contributed by atoms with Gasteiger partial charge < -0.3 is 4.74 Å². The highest BCUT2D eigenvalue weighted by Crippen LogP contribution is 2.19. The van der Waals surface area contributed by atoms with E-state index in [4.69, 9.17) is 16.3 Å². The van der Waals surface area contributed by atoms with Gasteiger partial charge in [0.15, 0.2) is 0 Å². The molecule has 0 spiro atoms. The Morgan fingerprint density at radius 2 is 2.36 bits per heavy atom. The first kappa shape index (κ1) is 11.6. The third-order valence-electron chi connectivity index (χ3n) is 2.44. The zero-order valence-electron chi connectivity index (χ0n) is 8.59. The summed E-state index contributed by atoms with van der Waals surface area (Å²) in [5.41, 5.74) is 0.610. The number of carbonyl (C=O) groups excluding carboxylic acids is 1. The molecular weight excluding hydrogens is 200 g/mol. The van der Waals surface area contributed by atoms with Crippen molar-refractivity contribution >= 4 is 17.6 Å². The van der Waals surface area contributed by atoms with Crippen LogP contribution in [0.5, 0.6) is 0 Å². The number of cyclic esters (lactones) is 1. The van der Waals surface area contributed by atoms with Crippen molar-refractivity contribution in [1.29, 1.82) is 0 Å². The molecular formula is C11H17ClO2. The van der Waals surface area contributed by atoms with Gasteiger partial charge in [-0.2, -0.15) is 0 Å². The number of rotatable bonds is 5. The minimum Gasteiger partial charge on any atom is -0.459 e. The molecule has 0 aromatic carbocycles.